The largest absolute Gasteiger partial charge is 0.356 e. The second kappa shape index (κ2) is 8.74. The van der Waals surface area contributed by atoms with Gasteiger partial charge in [-0.05, 0) is 37.5 Å². The molecule has 1 aliphatic rings. The summed E-state index contributed by atoms with van der Waals surface area (Å²) in [7, 11) is 0. The second-order valence-corrected chi connectivity index (χ2v) is 7.16. The summed E-state index contributed by atoms with van der Waals surface area (Å²) in [6.45, 7) is 5.61. The van der Waals surface area contributed by atoms with Gasteiger partial charge in [0.1, 0.15) is 11.6 Å². The average molecular weight is 383 g/mol. The van der Waals surface area contributed by atoms with Gasteiger partial charge in [0.15, 0.2) is 0 Å². The zero-order chi connectivity index (χ0) is 20.1. The van der Waals surface area contributed by atoms with Crippen LogP contribution in [0.1, 0.15) is 24.8 Å². The molecule has 0 unspecified atom stereocenters. The smallest absolute Gasteiger partial charge is 0.267 e. The highest BCUT2D eigenvalue weighted by atomic mass is 16.1. The Morgan fingerprint density at radius 2 is 1.55 bits per heavy atom. The van der Waals surface area contributed by atoms with Gasteiger partial charge in [0.25, 0.3) is 5.56 Å². The summed E-state index contributed by atoms with van der Waals surface area (Å²) in [4.78, 5) is 21.0. The number of piperidine rings is 1. The molecule has 2 aromatic carbocycles. The topological polar surface area (TPSA) is 38.1 Å². The lowest BCUT2D eigenvalue weighted by atomic mass is 10.1. The molecule has 1 saturated heterocycles. The highest BCUT2D eigenvalue weighted by molar-refractivity contribution is 5.69. The molecule has 0 N–H and O–H groups in total. The fourth-order valence-corrected chi connectivity index (χ4v) is 3.78. The number of para-hydroxylation sites is 1. The molecule has 0 aliphatic carbocycles. The molecule has 4 rings (SSSR count). The van der Waals surface area contributed by atoms with Gasteiger partial charge in [0.05, 0.1) is 11.3 Å². The van der Waals surface area contributed by atoms with Gasteiger partial charge in [0.2, 0.25) is 0 Å². The van der Waals surface area contributed by atoms with Crippen molar-refractivity contribution in [2.45, 2.75) is 19.3 Å². The van der Waals surface area contributed by atoms with Gasteiger partial charge in [-0.25, -0.2) is 4.98 Å². The Morgan fingerprint density at radius 1 is 0.897 bits per heavy atom. The van der Waals surface area contributed by atoms with E-state index in [1.165, 1.54) is 6.42 Å². The number of benzene rings is 2. The summed E-state index contributed by atoms with van der Waals surface area (Å²) in [6, 6.07) is 19.6. The Balaban J connectivity index is 2.02. The minimum Gasteiger partial charge on any atom is -0.356 e. The molecular weight excluding hydrogens is 358 g/mol. The zero-order valence-corrected chi connectivity index (χ0v) is 16.5. The fourth-order valence-electron chi connectivity index (χ4n) is 3.78. The van der Waals surface area contributed by atoms with E-state index < -0.39 is 0 Å². The molecule has 4 nitrogen and oxygen atoms in total. The van der Waals surface area contributed by atoms with E-state index >= 15 is 0 Å². The van der Waals surface area contributed by atoms with Crippen molar-refractivity contribution in [2.75, 3.05) is 18.0 Å². The van der Waals surface area contributed by atoms with Crippen molar-refractivity contribution < 1.29 is 0 Å². The number of hydrogen-bond acceptors (Lipinski definition) is 3. The zero-order valence-electron chi connectivity index (χ0n) is 16.5. The highest BCUT2D eigenvalue weighted by Crippen LogP contribution is 2.27. The Kier molecular flexibility index (Phi) is 5.71. The second-order valence-electron chi connectivity index (χ2n) is 7.16. The maximum absolute atomic E-state index is 13.7. The summed E-state index contributed by atoms with van der Waals surface area (Å²) >= 11 is 0. The van der Waals surface area contributed by atoms with E-state index in [0.717, 1.165) is 43.0 Å². The highest BCUT2D eigenvalue weighted by Gasteiger charge is 2.22. The van der Waals surface area contributed by atoms with Gasteiger partial charge in [-0.3, -0.25) is 9.36 Å². The molecule has 4 heteroatoms. The third kappa shape index (κ3) is 3.92. The number of allylic oxidation sites excluding steroid dienone is 2. The van der Waals surface area contributed by atoms with E-state index in [2.05, 4.69) is 11.5 Å². The summed E-state index contributed by atoms with van der Waals surface area (Å²) in [5.41, 5.74) is 2.27. The molecule has 1 fully saturated rings. The van der Waals surface area contributed by atoms with Crippen LogP contribution in [0.5, 0.6) is 0 Å². The van der Waals surface area contributed by atoms with Crippen LogP contribution >= 0.6 is 0 Å². The lowest BCUT2D eigenvalue weighted by Crippen LogP contribution is -2.34. The van der Waals surface area contributed by atoms with Gasteiger partial charge < -0.3 is 4.90 Å². The van der Waals surface area contributed by atoms with Crippen molar-refractivity contribution in [3.8, 4) is 17.1 Å². The molecular formula is C25H25N3O. The molecule has 29 heavy (non-hydrogen) atoms. The van der Waals surface area contributed by atoms with Crippen molar-refractivity contribution in [3.05, 3.63) is 95.3 Å². The number of hydrogen-bond donors (Lipinski definition) is 0. The van der Waals surface area contributed by atoms with Crippen molar-refractivity contribution in [1.82, 2.24) is 9.55 Å². The molecule has 0 spiro atoms. The Morgan fingerprint density at radius 3 is 2.21 bits per heavy atom. The van der Waals surface area contributed by atoms with Crippen LogP contribution in [0.2, 0.25) is 0 Å². The minimum atomic E-state index is -0.0660. The predicted octanol–water partition coefficient (Wildman–Crippen LogP) is 5.09. The van der Waals surface area contributed by atoms with Crippen molar-refractivity contribution in [2.24, 2.45) is 0 Å². The monoisotopic (exact) mass is 383 g/mol. The lowest BCUT2D eigenvalue weighted by molar-refractivity contribution is 0.572. The first-order valence-electron chi connectivity index (χ1n) is 10.1. The summed E-state index contributed by atoms with van der Waals surface area (Å²) in [6.07, 6.45) is 8.80. The van der Waals surface area contributed by atoms with Gasteiger partial charge in [0, 0.05) is 18.7 Å². The first-order valence-corrected chi connectivity index (χ1v) is 10.1. The van der Waals surface area contributed by atoms with Gasteiger partial charge in [-0.1, -0.05) is 67.3 Å². The van der Waals surface area contributed by atoms with E-state index in [-0.39, 0.29) is 5.56 Å². The van der Waals surface area contributed by atoms with Crippen LogP contribution in [0.3, 0.4) is 0 Å². The molecule has 0 saturated carbocycles. The first kappa shape index (κ1) is 18.9. The molecule has 3 aromatic rings. The average Bonchev–Trinajstić information content (AvgIpc) is 2.79. The van der Waals surface area contributed by atoms with E-state index in [4.69, 9.17) is 4.98 Å². The SMILES string of the molecule is C=C/C=C/c1c(N2CCCCC2)nc(-c2ccccc2)n(-c2ccccc2)c1=O. The summed E-state index contributed by atoms with van der Waals surface area (Å²) in [5, 5.41) is 0. The van der Waals surface area contributed by atoms with Crippen molar-refractivity contribution in [3.63, 3.8) is 0 Å². The molecule has 0 amide bonds. The van der Waals surface area contributed by atoms with Crippen LogP contribution < -0.4 is 10.5 Å². The van der Waals surface area contributed by atoms with Crippen LogP contribution in [0, 0.1) is 0 Å². The Bertz CT molecular complexity index is 1060. The normalized spacial score (nSPS) is 14.3. The van der Waals surface area contributed by atoms with Crippen LogP contribution in [-0.4, -0.2) is 22.6 Å². The quantitative estimate of drug-likeness (QED) is 0.576. The van der Waals surface area contributed by atoms with Crippen molar-refractivity contribution in [1.29, 1.82) is 0 Å². The van der Waals surface area contributed by atoms with Crippen LogP contribution in [-0.2, 0) is 0 Å². The number of nitrogens with zero attached hydrogens (tertiary/aromatic N) is 3. The molecule has 0 bridgehead atoms. The lowest BCUT2D eigenvalue weighted by Gasteiger charge is -2.30. The third-order valence-corrected chi connectivity index (χ3v) is 5.20. The van der Waals surface area contributed by atoms with Gasteiger partial charge in [-0.15, -0.1) is 0 Å². The Hall–Kier alpha value is -3.40. The van der Waals surface area contributed by atoms with Crippen molar-refractivity contribution >= 4 is 11.9 Å². The van der Waals surface area contributed by atoms with E-state index in [9.17, 15) is 4.79 Å². The number of rotatable bonds is 5. The minimum absolute atomic E-state index is 0.0660. The molecule has 0 radical (unpaired) electrons. The van der Waals surface area contributed by atoms with Crippen LogP contribution in [0.25, 0.3) is 23.2 Å². The first-order chi connectivity index (χ1) is 14.3. The molecule has 1 aromatic heterocycles. The van der Waals surface area contributed by atoms with E-state index in [1.54, 1.807) is 10.6 Å². The maximum atomic E-state index is 13.7. The third-order valence-electron chi connectivity index (χ3n) is 5.20. The molecule has 146 valence electrons. The predicted molar refractivity (Wildman–Crippen MR) is 121 cm³/mol. The number of anilines is 1. The van der Waals surface area contributed by atoms with E-state index in [0.29, 0.717) is 11.4 Å². The number of aromatic nitrogens is 2. The summed E-state index contributed by atoms with van der Waals surface area (Å²) in [5.74, 6) is 1.43. The van der Waals surface area contributed by atoms with E-state index in [1.807, 2.05) is 72.8 Å². The molecule has 1 aliphatic heterocycles. The Labute approximate surface area is 171 Å². The molecule has 2 heterocycles. The van der Waals surface area contributed by atoms with Crippen LogP contribution in [0.15, 0.2) is 84.2 Å². The summed E-state index contributed by atoms with van der Waals surface area (Å²) < 4.78 is 1.71. The van der Waals surface area contributed by atoms with Gasteiger partial charge in [-0.2, -0.15) is 0 Å². The standard InChI is InChI=1S/C25H25N3O/c1-2-3-17-22-24(27-18-11-6-12-19-27)26-23(20-13-7-4-8-14-20)28(25(22)29)21-15-9-5-10-16-21/h2-5,7-10,13-17H,1,6,11-12,18-19H2/b17-3+. The molecule has 0 atom stereocenters. The maximum Gasteiger partial charge on any atom is 0.267 e. The van der Waals surface area contributed by atoms with Crippen LogP contribution in [0.4, 0.5) is 5.82 Å². The fraction of sp³-hybridized carbons (Fsp3) is 0.200. The van der Waals surface area contributed by atoms with Gasteiger partial charge >= 0.3 is 0 Å².